The second-order valence-corrected chi connectivity index (χ2v) is 8.40. The third kappa shape index (κ3) is 3.56. The Labute approximate surface area is 160 Å². The van der Waals surface area contributed by atoms with E-state index in [4.69, 9.17) is 23.7 Å². The van der Waals surface area contributed by atoms with Crippen LogP contribution in [0.4, 0.5) is 0 Å². The van der Waals surface area contributed by atoms with E-state index >= 15 is 0 Å². The number of ether oxygens (including phenoxy) is 5. The normalized spacial score (nSPS) is 15.3. The summed E-state index contributed by atoms with van der Waals surface area (Å²) in [6, 6.07) is 12.2. The Morgan fingerprint density at radius 3 is 1.52 bits per heavy atom. The Kier molecular flexibility index (Phi) is 4.42. The third-order valence-corrected chi connectivity index (χ3v) is 5.23. The number of benzene rings is 2. The minimum absolute atomic E-state index is 0.133. The lowest BCUT2D eigenvalue weighted by Gasteiger charge is -2.30. The van der Waals surface area contributed by atoms with Gasteiger partial charge >= 0.3 is 0 Å². The van der Waals surface area contributed by atoms with E-state index in [1.165, 1.54) is 11.1 Å². The molecule has 0 saturated carbocycles. The largest absolute Gasteiger partial charge is 0.454 e. The lowest BCUT2D eigenvalue weighted by molar-refractivity contribution is 0.0633. The first-order chi connectivity index (χ1) is 12.9. The van der Waals surface area contributed by atoms with Crippen molar-refractivity contribution >= 4 is 0 Å². The van der Waals surface area contributed by atoms with Crippen LogP contribution in [0.15, 0.2) is 36.4 Å². The van der Waals surface area contributed by atoms with Gasteiger partial charge in [0, 0.05) is 10.8 Å². The Bertz CT molecular complexity index is 771. The van der Waals surface area contributed by atoms with Crippen LogP contribution in [0.2, 0.25) is 0 Å². The molecule has 2 aliphatic rings. The number of hydrogen-bond acceptors (Lipinski definition) is 5. The molecule has 0 atom stereocenters. The van der Waals surface area contributed by atoms with E-state index in [1.54, 1.807) is 0 Å². The summed E-state index contributed by atoms with van der Waals surface area (Å²) < 4.78 is 28.0. The molecule has 0 unspecified atom stereocenters. The molecule has 5 nitrogen and oxygen atoms in total. The zero-order valence-electron chi connectivity index (χ0n) is 16.3. The highest BCUT2D eigenvalue weighted by atomic mass is 16.7. The van der Waals surface area contributed by atoms with Gasteiger partial charge in [-0.1, -0.05) is 39.8 Å². The first-order valence-corrected chi connectivity index (χ1v) is 9.23. The Morgan fingerprint density at radius 1 is 0.667 bits per heavy atom. The lowest BCUT2D eigenvalue weighted by atomic mass is 9.84. The molecule has 0 spiro atoms. The van der Waals surface area contributed by atoms with Crippen LogP contribution >= 0.6 is 0 Å². The van der Waals surface area contributed by atoms with Crippen LogP contribution in [-0.4, -0.2) is 26.8 Å². The molecular formula is C22H26O5. The minimum atomic E-state index is -0.133. The Morgan fingerprint density at radius 2 is 1.07 bits per heavy atom. The van der Waals surface area contributed by atoms with E-state index < -0.39 is 0 Å². The van der Waals surface area contributed by atoms with Crippen LogP contribution < -0.4 is 18.9 Å². The van der Waals surface area contributed by atoms with E-state index in [2.05, 4.69) is 52.0 Å². The highest BCUT2D eigenvalue weighted by Crippen LogP contribution is 2.38. The fourth-order valence-corrected chi connectivity index (χ4v) is 3.36. The molecule has 27 heavy (non-hydrogen) atoms. The number of fused-ring (bicyclic) bond motifs is 2. The fraction of sp³-hybridized carbons (Fsp3) is 0.455. The second-order valence-electron chi connectivity index (χ2n) is 8.40. The van der Waals surface area contributed by atoms with Gasteiger partial charge in [-0.15, -0.1) is 0 Å². The van der Waals surface area contributed by atoms with E-state index in [0.717, 1.165) is 23.0 Å². The van der Waals surface area contributed by atoms with Crippen molar-refractivity contribution in [1.29, 1.82) is 0 Å². The molecule has 0 amide bonds. The van der Waals surface area contributed by atoms with Crippen LogP contribution in [0.3, 0.4) is 0 Å². The van der Waals surface area contributed by atoms with Crippen LogP contribution in [-0.2, 0) is 15.6 Å². The molecule has 4 rings (SSSR count). The van der Waals surface area contributed by atoms with Crippen molar-refractivity contribution in [3.63, 3.8) is 0 Å². The van der Waals surface area contributed by atoms with E-state index in [1.807, 2.05) is 12.1 Å². The summed E-state index contributed by atoms with van der Waals surface area (Å²) in [6.07, 6.45) is 0. The first kappa shape index (κ1) is 18.0. The van der Waals surface area contributed by atoms with Gasteiger partial charge in [0.15, 0.2) is 23.0 Å². The van der Waals surface area contributed by atoms with Crippen LogP contribution in [0.1, 0.15) is 38.8 Å². The van der Waals surface area contributed by atoms with Crippen LogP contribution in [0.5, 0.6) is 23.0 Å². The van der Waals surface area contributed by atoms with Gasteiger partial charge in [0.25, 0.3) is 0 Å². The second kappa shape index (κ2) is 6.64. The van der Waals surface area contributed by atoms with Gasteiger partial charge in [-0.05, 0) is 35.4 Å². The molecule has 0 saturated heterocycles. The van der Waals surface area contributed by atoms with Crippen LogP contribution in [0, 0.1) is 0 Å². The smallest absolute Gasteiger partial charge is 0.231 e. The molecule has 5 heteroatoms. The van der Waals surface area contributed by atoms with Gasteiger partial charge in [0.1, 0.15) is 0 Å². The zero-order chi connectivity index (χ0) is 19.1. The highest BCUT2D eigenvalue weighted by Gasteiger charge is 2.28. The standard InChI is InChI=1S/C22H26O5/c1-21(2,15-5-7-17-19(9-15)26-13-24-17)11-23-12-22(3,4)16-6-8-18-20(10-16)27-14-25-18/h5-10H,11-14H2,1-4H3. The topological polar surface area (TPSA) is 46.2 Å². The maximum Gasteiger partial charge on any atom is 0.231 e. The van der Waals surface area contributed by atoms with Gasteiger partial charge in [-0.3, -0.25) is 0 Å². The van der Waals surface area contributed by atoms with Gasteiger partial charge in [-0.2, -0.15) is 0 Å². The predicted molar refractivity (Wildman–Crippen MR) is 102 cm³/mol. The molecule has 0 N–H and O–H groups in total. The summed E-state index contributed by atoms with van der Waals surface area (Å²) in [5.41, 5.74) is 2.08. The summed E-state index contributed by atoms with van der Waals surface area (Å²) >= 11 is 0. The molecule has 0 fully saturated rings. The van der Waals surface area contributed by atoms with Crippen LogP contribution in [0.25, 0.3) is 0 Å². The molecule has 0 aromatic heterocycles. The van der Waals surface area contributed by atoms with Crippen molar-refractivity contribution in [2.75, 3.05) is 26.8 Å². The van der Waals surface area contributed by atoms with E-state index in [-0.39, 0.29) is 10.8 Å². The molecule has 2 aromatic carbocycles. The van der Waals surface area contributed by atoms with Crippen molar-refractivity contribution in [3.05, 3.63) is 47.5 Å². The van der Waals surface area contributed by atoms with E-state index in [9.17, 15) is 0 Å². The van der Waals surface area contributed by atoms with Gasteiger partial charge in [-0.25, -0.2) is 0 Å². The maximum absolute atomic E-state index is 6.17. The fourth-order valence-electron chi connectivity index (χ4n) is 3.36. The van der Waals surface area contributed by atoms with Crippen molar-refractivity contribution in [3.8, 4) is 23.0 Å². The Balaban J connectivity index is 1.40. The van der Waals surface area contributed by atoms with E-state index in [0.29, 0.717) is 26.8 Å². The van der Waals surface area contributed by atoms with Crippen molar-refractivity contribution < 1.29 is 23.7 Å². The number of rotatable bonds is 6. The van der Waals surface area contributed by atoms with Crippen molar-refractivity contribution in [2.24, 2.45) is 0 Å². The van der Waals surface area contributed by atoms with Gasteiger partial charge in [0.05, 0.1) is 13.2 Å². The number of hydrogen-bond donors (Lipinski definition) is 0. The Hall–Kier alpha value is -2.40. The predicted octanol–water partition coefficient (Wildman–Crippen LogP) is 4.42. The maximum atomic E-state index is 6.17. The molecule has 0 bridgehead atoms. The summed E-state index contributed by atoms with van der Waals surface area (Å²) in [6.45, 7) is 10.5. The van der Waals surface area contributed by atoms with Gasteiger partial charge in [0.2, 0.25) is 13.6 Å². The zero-order valence-corrected chi connectivity index (χ0v) is 16.3. The molecule has 0 radical (unpaired) electrons. The summed E-state index contributed by atoms with van der Waals surface area (Å²) in [7, 11) is 0. The van der Waals surface area contributed by atoms with Gasteiger partial charge < -0.3 is 23.7 Å². The lowest BCUT2D eigenvalue weighted by Crippen LogP contribution is -2.30. The highest BCUT2D eigenvalue weighted by molar-refractivity contribution is 5.47. The summed E-state index contributed by atoms with van der Waals surface area (Å²) in [4.78, 5) is 0. The SMILES string of the molecule is CC(C)(COCC(C)(C)c1ccc2c(c1)OCO2)c1ccc2c(c1)OCO2. The van der Waals surface area contributed by atoms with Crippen molar-refractivity contribution in [2.45, 2.75) is 38.5 Å². The molecule has 0 aliphatic carbocycles. The third-order valence-electron chi connectivity index (χ3n) is 5.23. The minimum Gasteiger partial charge on any atom is -0.454 e. The molecule has 144 valence electrons. The first-order valence-electron chi connectivity index (χ1n) is 9.23. The average Bonchev–Trinajstić information content (AvgIpc) is 3.29. The molecular weight excluding hydrogens is 344 g/mol. The van der Waals surface area contributed by atoms with Crippen molar-refractivity contribution in [1.82, 2.24) is 0 Å². The quantitative estimate of drug-likeness (QED) is 0.753. The summed E-state index contributed by atoms with van der Waals surface area (Å²) in [5.74, 6) is 3.22. The average molecular weight is 370 g/mol. The molecule has 2 heterocycles. The monoisotopic (exact) mass is 370 g/mol. The molecule has 2 aromatic rings. The summed E-state index contributed by atoms with van der Waals surface area (Å²) in [5, 5.41) is 0. The molecule has 2 aliphatic heterocycles.